The average molecular weight is 619 g/mol. The summed E-state index contributed by atoms with van der Waals surface area (Å²) in [5, 5.41) is 10.4. The Kier molecular flexibility index (Phi) is 5.55. The average Bonchev–Trinajstić information content (AvgIpc) is 3.63. The summed E-state index contributed by atoms with van der Waals surface area (Å²) in [6.07, 6.45) is 2.39. The van der Waals surface area contributed by atoms with E-state index < -0.39 is 0 Å². The maximum absolute atomic E-state index is 2.59. The largest absolute Gasteiger partial charge is 0.309 e. The molecule has 2 heteroatoms. The molecule has 48 heavy (non-hydrogen) atoms. The minimum atomic E-state index is 0.110. The Labute approximate surface area is 280 Å². The summed E-state index contributed by atoms with van der Waals surface area (Å²) in [4.78, 5) is 0. The number of nitrogens with zero attached hydrogens (tertiary/aromatic N) is 2. The molecule has 0 aliphatic heterocycles. The number of hydrogen-bond donors (Lipinski definition) is 0. The molecular weight excluding hydrogens is 581 g/mol. The fourth-order valence-electron chi connectivity index (χ4n) is 8.86. The van der Waals surface area contributed by atoms with Gasteiger partial charge in [-0.3, -0.25) is 0 Å². The van der Waals surface area contributed by atoms with Crippen LogP contribution in [0, 0.1) is 0 Å². The zero-order valence-electron chi connectivity index (χ0n) is 28.0. The molecule has 0 unspecified atom stereocenters. The van der Waals surface area contributed by atoms with E-state index in [1.807, 2.05) is 0 Å². The molecule has 7 aromatic carbocycles. The first-order valence-corrected chi connectivity index (χ1v) is 17.3. The summed E-state index contributed by atoms with van der Waals surface area (Å²) in [5.74, 6) is 0. The van der Waals surface area contributed by atoms with E-state index in [4.69, 9.17) is 0 Å². The highest BCUT2D eigenvalue weighted by Gasteiger charge is 2.38. The lowest BCUT2D eigenvalue weighted by Gasteiger charge is -2.42. The van der Waals surface area contributed by atoms with Crippen molar-refractivity contribution in [2.75, 3.05) is 0 Å². The Hall–Kier alpha value is -5.34. The summed E-state index contributed by atoms with van der Waals surface area (Å²) >= 11 is 0. The highest BCUT2D eigenvalue weighted by Crippen LogP contribution is 2.50. The number of para-hydroxylation sites is 1. The predicted octanol–water partition coefficient (Wildman–Crippen LogP) is 12.5. The molecule has 0 saturated heterocycles. The van der Waals surface area contributed by atoms with Crippen LogP contribution in [-0.4, -0.2) is 9.13 Å². The summed E-state index contributed by atoms with van der Waals surface area (Å²) in [6.45, 7) is 9.75. The molecule has 9 aromatic rings. The lowest BCUT2D eigenvalue weighted by molar-refractivity contribution is 0.332. The number of benzene rings is 7. The molecule has 2 nitrogen and oxygen atoms in total. The molecule has 2 heterocycles. The van der Waals surface area contributed by atoms with Crippen molar-refractivity contribution in [1.29, 1.82) is 0 Å². The molecule has 10 rings (SSSR count). The van der Waals surface area contributed by atoms with Crippen LogP contribution in [-0.2, 0) is 10.8 Å². The second kappa shape index (κ2) is 9.61. The molecule has 232 valence electrons. The van der Waals surface area contributed by atoms with E-state index >= 15 is 0 Å². The van der Waals surface area contributed by atoms with Crippen molar-refractivity contribution >= 4 is 65.2 Å². The molecule has 1 aliphatic carbocycles. The summed E-state index contributed by atoms with van der Waals surface area (Å²) in [7, 11) is 0. The molecule has 0 N–H and O–H groups in total. The Balaban J connectivity index is 1.48. The first kappa shape index (κ1) is 27.7. The third kappa shape index (κ3) is 3.75. The smallest absolute Gasteiger partial charge is 0.0641 e. The molecule has 0 saturated carbocycles. The van der Waals surface area contributed by atoms with Crippen molar-refractivity contribution in [3.63, 3.8) is 0 Å². The Morgan fingerprint density at radius 2 is 1.04 bits per heavy atom. The molecule has 0 radical (unpaired) electrons. The van der Waals surface area contributed by atoms with E-state index in [0.717, 1.165) is 0 Å². The number of aromatic nitrogens is 2. The molecule has 0 bridgehead atoms. The number of hydrogen-bond acceptors (Lipinski definition) is 0. The molecule has 0 spiro atoms. The second-order valence-electron chi connectivity index (χ2n) is 15.3. The van der Waals surface area contributed by atoms with E-state index in [9.17, 15) is 0 Å². The van der Waals surface area contributed by atoms with Crippen LogP contribution in [0.3, 0.4) is 0 Å². The van der Waals surface area contributed by atoms with Gasteiger partial charge < -0.3 is 9.13 Å². The first-order valence-electron chi connectivity index (χ1n) is 17.3. The van der Waals surface area contributed by atoms with Crippen LogP contribution in [0.15, 0.2) is 133 Å². The van der Waals surface area contributed by atoms with Crippen molar-refractivity contribution < 1.29 is 0 Å². The fraction of sp³-hybridized carbons (Fsp3) is 0.174. The van der Waals surface area contributed by atoms with Crippen molar-refractivity contribution in [2.24, 2.45) is 0 Å². The standard InChI is InChI=1S/C46H38N2/c1-45(2)24-25-46(3,4)38-28-41-36(27-37(38)45)35-21-23-40-43(44(35)48(41)33-20-18-29-12-8-9-14-31(29)26-33)42-34-17-11-10-13-30(34)19-22-39(42)47(40)32-15-6-5-7-16-32/h5-23,26-28H,24-25H2,1-4H3. The van der Waals surface area contributed by atoms with Crippen molar-refractivity contribution in [3.8, 4) is 11.4 Å². The first-order chi connectivity index (χ1) is 23.3. The van der Waals surface area contributed by atoms with Gasteiger partial charge in [-0.1, -0.05) is 113 Å². The SMILES string of the molecule is CC1(C)CCC(C)(C)c2cc3c(cc21)c1ccc2c(c4c5ccccc5ccc4n2-c2ccccc2)c1n3-c1ccc2ccccc2c1. The van der Waals surface area contributed by atoms with Crippen LogP contribution in [0.25, 0.3) is 76.5 Å². The predicted molar refractivity (Wildman–Crippen MR) is 205 cm³/mol. The van der Waals surface area contributed by atoms with Gasteiger partial charge in [0.15, 0.2) is 0 Å². The van der Waals surface area contributed by atoms with Gasteiger partial charge in [0.2, 0.25) is 0 Å². The Morgan fingerprint density at radius 3 is 1.83 bits per heavy atom. The van der Waals surface area contributed by atoms with Gasteiger partial charge in [0.25, 0.3) is 0 Å². The third-order valence-corrected chi connectivity index (χ3v) is 11.5. The zero-order valence-corrected chi connectivity index (χ0v) is 28.0. The minimum absolute atomic E-state index is 0.110. The van der Waals surface area contributed by atoms with E-state index in [1.165, 1.54) is 100 Å². The maximum Gasteiger partial charge on any atom is 0.0641 e. The molecule has 0 atom stereocenters. The molecule has 0 amide bonds. The van der Waals surface area contributed by atoms with Gasteiger partial charge >= 0.3 is 0 Å². The van der Waals surface area contributed by atoms with E-state index in [-0.39, 0.29) is 10.8 Å². The highest BCUT2D eigenvalue weighted by molar-refractivity contribution is 6.31. The molecule has 1 aliphatic rings. The van der Waals surface area contributed by atoms with Crippen LogP contribution >= 0.6 is 0 Å². The van der Waals surface area contributed by atoms with Gasteiger partial charge in [0, 0.05) is 32.9 Å². The number of fused-ring (bicyclic) bond motifs is 11. The summed E-state index contributed by atoms with van der Waals surface area (Å²) < 4.78 is 5.06. The highest BCUT2D eigenvalue weighted by atomic mass is 15.0. The van der Waals surface area contributed by atoms with E-state index in [0.29, 0.717) is 0 Å². The zero-order chi connectivity index (χ0) is 32.4. The van der Waals surface area contributed by atoms with E-state index in [2.05, 4.69) is 170 Å². The molecule has 0 fully saturated rings. The fourth-order valence-corrected chi connectivity index (χ4v) is 8.86. The topological polar surface area (TPSA) is 9.86 Å². The van der Waals surface area contributed by atoms with E-state index in [1.54, 1.807) is 0 Å². The second-order valence-corrected chi connectivity index (χ2v) is 15.3. The van der Waals surface area contributed by atoms with Crippen molar-refractivity contribution in [3.05, 3.63) is 145 Å². The van der Waals surface area contributed by atoms with Crippen LogP contribution < -0.4 is 0 Å². The van der Waals surface area contributed by atoms with Gasteiger partial charge in [-0.15, -0.1) is 0 Å². The lowest BCUT2D eigenvalue weighted by atomic mass is 9.63. The quantitative estimate of drug-likeness (QED) is 0.182. The van der Waals surface area contributed by atoms with Crippen LogP contribution in [0.5, 0.6) is 0 Å². The third-order valence-electron chi connectivity index (χ3n) is 11.5. The number of rotatable bonds is 2. The van der Waals surface area contributed by atoms with Gasteiger partial charge in [0.1, 0.15) is 0 Å². The van der Waals surface area contributed by atoms with Crippen LogP contribution in [0.1, 0.15) is 51.7 Å². The van der Waals surface area contributed by atoms with Crippen LogP contribution in [0.4, 0.5) is 0 Å². The maximum atomic E-state index is 2.59. The molecular formula is C46H38N2. The monoisotopic (exact) mass is 618 g/mol. The normalized spacial score (nSPS) is 15.7. The lowest BCUT2D eigenvalue weighted by Crippen LogP contribution is -2.33. The van der Waals surface area contributed by atoms with Crippen molar-refractivity contribution in [2.45, 2.75) is 51.4 Å². The summed E-state index contributed by atoms with van der Waals surface area (Å²) in [5.41, 5.74) is 10.7. The van der Waals surface area contributed by atoms with Crippen LogP contribution in [0.2, 0.25) is 0 Å². The Bertz CT molecular complexity index is 2770. The molecule has 2 aromatic heterocycles. The minimum Gasteiger partial charge on any atom is -0.309 e. The van der Waals surface area contributed by atoms with Gasteiger partial charge in [-0.2, -0.15) is 0 Å². The van der Waals surface area contributed by atoms with Crippen molar-refractivity contribution in [1.82, 2.24) is 9.13 Å². The summed E-state index contributed by atoms with van der Waals surface area (Å²) in [6, 6.07) is 50.0. The van der Waals surface area contributed by atoms with Gasteiger partial charge in [-0.05, 0) is 105 Å². The van der Waals surface area contributed by atoms with Gasteiger partial charge in [-0.25, -0.2) is 0 Å². The van der Waals surface area contributed by atoms with Gasteiger partial charge in [0.05, 0.1) is 22.1 Å². The Morgan fingerprint density at radius 1 is 0.417 bits per heavy atom.